The maximum atomic E-state index is 4.22. The van der Waals surface area contributed by atoms with Crippen LogP contribution in [-0.4, -0.2) is 6.54 Å². The van der Waals surface area contributed by atoms with Crippen LogP contribution in [0.2, 0.25) is 0 Å². The van der Waals surface area contributed by atoms with E-state index in [0.29, 0.717) is 0 Å². The zero-order valence-electron chi connectivity index (χ0n) is 7.89. The van der Waals surface area contributed by atoms with Gasteiger partial charge < -0.3 is 5.73 Å². The fourth-order valence-electron chi connectivity index (χ4n) is 4.75. The first-order valence-electron chi connectivity index (χ1n) is 5.66. The molecule has 3 rings (SSSR count). The van der Waals surface area contributed by atoms with Crippen LogP contribution in [0.15, 0.2) is 0 Å². The Labute approximate surface area is 74.7 Å². The summed E-state index contributed by atoms with van der Waals surface area (Å²) in [5.41, 5.74) is 4.97. The lowest BCUT2D eigenvalue weighted by Crippen LogP contribution is -2.60. The molecular formula is C11H20N+. The first kappa shape index (κ1) is 7.37. The third-order valence-electron chi connectivity index (χ3n) is 5.22. The molecule has 68 valence electrons. The Hall–Kier alpha value is -0.0400. The highest BCUT2D eigenvalue weighted by atomic mass is 14.7. The average molecular weight is 166 g/mol. The van der Waals surface area contributed by atoms with Crippen LogP contribution in [0.3, 0.4) is 0 Å². The summed E-state index contributed by atoms with van der Waals surface area (Å²) in [6.07, 6.45) is 9.22. The predicted molar refractivity (Wildman–Crippen MR) is 48.4 cm³/mol. The minimum atomic E-state index is 0.753. The fourth-order valence-corrected chi connectivity index (χ4v) is 4.75. The van der Waals surface area contributed by atoms with Crippen LogP contribution in [0.1, 0.15) is 38.5 Å². The average Bonchev–Trinajstić information content (AvgIpc) is 2.76. The fraction of sp³-hybridized carbons (Fsp3) is 1.00. The Bertz CT molecular complexity index is 201. The molecular weight excluding hydrogens is 146 g/mol. The molecule has 4 atom stereocenters. The van der Waals surface area contributed by atoms with E-state index < -0.39 is 0 Å². The molecule has 0 radical (unpaired) electrons. The van der Waals surface area contributed by atoms with Gasteiger partial charge in [-0.3, -0.25) is 0 Å². The molecule has 3 fully saturated rings. The van der Waals surface area contributed by atoms with Crippen molar-refractivity contribution in [3.05, 3.63) is 0 Å². The minimum absolute atomic E-state index is 0.753. The summed E-state index contributed by atoms with van der Waals surface area (Å²) < 4.78 is 0. The summed E-state index contributed by atoms with van der Waals surface area (Å²) in [5.74, 6) is 3.32. The largest absolute Gasteiger partial charge is 0.357 e. The van der Waals surface area contributed by atoms with E-state index in [-0.39, 0.29) is 0 Å². The molecule has 0 spiro atoms. The van der Waals surface area contributed by atoms with Crippen molar-refractivity contribution in [2.45, 2.75) is 38.5 Å². The molecule has 2 bridgehead atoms. The van der Waals surface area contributed by atoms with Crippen LogP contribution in [0, 0.1) is 23.2 Å². The predicted octanol–water partition coefficient (Wildman–Crippen LogP) is 1.44. The molecule has 0 aromatic heterocycles. The third-order valence-corrected chi connectivity index (χ3v) is 5.22. The van der Waals surface area contributed by atoms with Crippen LogP contribution in [0.25, 0.3) is 0 Å². The van der Waals surface area contributed by atoms with Gasteiger partial charge in [0, 0.05) is 5.41 Å². The summed E-state index contributed by atoms with van der Waals surface area (Å²) in [6, 6.07) is 0. The van der Waals surface area contributed by atoms with Gasteiger partial charge in [-0.15, -0.1) is 0 Å². The lowest BCUT2D eigenvalue weighted by molar-refractivity contribution is -0.399. The number of hydrogen-bond donors (Lipinski definition) is 1. The van der Waals surface area contributed by atoms with Gasteiger partial charge in [-0.2, -0.15) is 0 Å². The standard InChI is InChI=1S/C11H19N/c12-7-11-5-1-2-10(11)8-3-4-9(11)6-8/h8-10H,1-7,12H2/p+1/t8-,9-,10+,11-/m0/s1. The Morgan fingerprint density at radius 2 is 2.17 bits per heavy atom. The van der Waals surface area contributed by atoms with Gasteiger partial charge in [0.1, 0.15) is 0 Å². The van der Waals surface area contributed by atoms with Gasteiger partial charge in [0.2, 0.25) is 0 Å². The summed E-state index contributed by atoms with van der Waals surface area (Å²) in [6.45, 7) is 1.23. The van der Waals surface area contributed by atoms with Gasteiger partial charge in [0.15, 0.2) is 0 Å². The second kappa shape index (κ2) is 2.25. The highest BCUT2D eigenvalue weighted by Gasteiger charge is 2.59. The van der Waals surface area contributed by atoms with Crippen molar-refractivity contribution < 1.29 is 5.73 Å². The Kier molecular flexibility index (Phi) is 1.39. The first-order valence-corrected chi connectivity index (χ1v) is 5.66. The molecule has 1 heteroatoms. The van der Waals surface area contributed by atoms with E-state index in [1.54, 1.807) is 12.8 Å². The van der Waals surface area contributed by atoms with Crippen LogP contribution in [0.5, 0.6) is 0 Å². The van der Waals surface area contributed by atoms with E-state index in [1.165, 1.54) is 32.2 Å². The Morgan fingerprint density at radius 3 is 2.92 bits per heavy atom. The quantitative estimate of drug-likeness (QED) is 0.610. The van der Waals surface area contributed by atoms with E-state index in [2.05, 4.69) is 5.73 Å². The molecule has 3 aliphatic carbocycles. The molecule has 0 saturated heterocycles. The Balaban J connectivity index is 1.98. The molecule has 0 amide bonds. The number of fused-ring (bicyclic) bond motifs is 5. The summed E-state index contributed by atoms with van der Waals surface area (Å²) >= 11 is 0. The SMILES string of the molecule is [NH3+]C[C@]12CCC[C@@H]1[C@H]1CC[C@H]2C1. The lowest BCUT2D eigenvalue weighted by atomic mass is 9.68. The molecule has 0 aliphatic heterocycles. The summed E-state index contributed by atoms with van der Waals surface area (Å²) in [7, 11) is 0. The van der Waals surface area contributed by atoms with E-state index >= 15 is 0 Å². The molecule has 3 N–H and O–H groups in total. The second-order valence-corrected chi connectivity index (χ2v) is 5.25. The van der Waals surface area contributed by atoms with Crippen LogP contribution in [-0.2, 0) is 0 Å². The molecule has 3 saturated carbocycles. The highest BCUT2D eigenvalue weighted by Crippen LogP contribution is 2.65. The van der Waals surface area contributed by atoms with Gasteiger partial charge in [0.25, 0.3) is 0 Å². The van der Waals surface area contributed by atoms with Gasteiger partial charge in [-0.1, -0.05) is 6.42 Å². The smallest absolute Gasteiger partial charge is 0.0802 e. The van der Waals surface area contributed by atoms with E-state index in [0.717, 1.165) is 23.2 Å². The van der Waals surface area contributed by atoms with Crippen molar-refractivity contribution in [2.24, 2.45) is 23.2 Å². The molecule has 0 aromatic carbocycles. The van der Waals surface area contributed by atoms with E-state index in [4.69, 9.17) is 0 Å². The normalized spacial score (nSPS) is 56.2. The van der Waals surface area contributed by atoms with Crippen molar-refractivity contribution in [2.75, 3.05) is 6.54 Å². The van der Waals surface area contributed by atoms with Crippen LogP contribution in [0.4, 0.5) is 0 Å². The number of rotatable bonds is 1. The second-order valence-electron chi connectivity index (χ2n) is 5.25. The molecule has 0 aromatic rings. The number of hydrogen-bond acceptors (Lipinski definition) is 0. The van der Waals surface area contributed by atoms with Crippen molar-refractivity contribution in [3.8, 4) is 0 Å². The number of quaternary nitrogens is 1. The van der Waals surface area contributed by atoms with Crippen molar-refractivity contribution >= 4 is 0 Å². The lowest BCUT2D eigenvalue weighted by Gasteiger charge is -2.36. The molecule has 12 heavy (non-hydrogen) atoms. The molecule has 0 unspecified atom stereocenters. The summed E-state index contributed by atoms with van der Waals surface area (Å²) in [4.78, 5) is 0. The zero-order valence-corrected chi connectivity index (χ0v) is 7.89. The van der Waals surface area contributed by atoms with Crippen molar-refractivity contribution in [3.63, 3.8) is 0 Å². The van der Waals surface area contributed by atoms with Crippen molar-refractivity contribution in [1.82, 2.24) is 0 Å². The maximum Gasteiger partial charge on any atom is 0.0802 e. The summed E-state index contributed by atoms with van der Waals surface area (Å²) in [5, 5.41) is 0. The zero-order chi connectivity index (χ0) is 8.18. The molecule has 1 nitrogen and oxygen atoms in total. The maximum absolute atomic E-state index is 4.22. The highest BCUT2D eigenvalue weighted by molar-refractivity contribution is 5.08. The Morgan fingerprint density at radius 1 is 1.25 bits per heavy atom. The minimum Gasteiger partial charge on any atom is -0.357 e. The monoisotopic (exact) mass is 166 g/mol. The topological polar surface area (TPSA) is 27.6 Å². The van der Waals surface area contributed by atoms with Crippen LogP contribution < -0.4 is 5.73 Å². The third kappa shape index (κ3) is 0.654. The molecule has 3 aliphatic rings. The van der Waals surface area contributed by atoms with Gasteiger partial charge >= 0.3 is 0 Å². The van der Waals surface area contributed by atoms with E-state index in [9.17, 15) is 0 Å². The van der Waals surface area contributed by atoms with Gasteiger partial charge in [-0.05, 0) is 49.9 Å². The van der Waals surface area contributed by atoms with Crippen LogP contribution >= 0.6 is 0 Å². The first-order chi connectivity index (χ1) is 5.87. The van der Waals surface area contributed by atoms with E-state index in [1.807, 2.05) is 0 Å². The van der Waals surface area contributed by atoms with Crippen molar-refractivity contribution in [1.29, 1.82) is 0 Å². The van der Waals surface area contributed by atoms with Gasteiger partial charge in [-0.25, -0.2) is 0 Å². The van der Waals surface area contributed by atoms with Gasteiger partial charge in [0.05, 0.1) is 6.54 Å². The molecule has 0 heterocycles.